The van der Waals surface area contributed by atoms with Gasteiger partial charge in [0, 0.05) is 34.9 Å². The van der Waals surface area contributed by atoms with Gasteiger partial charge in [0.1, 0.15) is 0 Å². The van der Waals surface area contributed by atoms with E-state index in [-0.39, 0.29) is 12.1 Å². The first-order valence-corrected chi connectivity index (χ1v) is 10.6. The molecular formula is C19H21ClN2O2S. The molecule has 0 amide bonds. The molecule has 0 N–H and O–H groups in total. The molecule has 2 fully saturated rings. The Kier molecular flexibility index (Phi) is 4.56. The summed E-state index contributed by atoms with van der Waals surface area (Å²) in [4.78, 5) is 4.84. The van der Waals surface area contributed by atoms with Crippen LogP contribution < -0.4 is 0 Å². The molecule has 2 unspecified atom stereocenters. The number of rotatable bonds is 3. The molecule has 0 radical (unpaired) electrons. The summed E-state index contributed by atoms with van der Waals surface area (Å²) in [7, 11) is -3.49. The minimum absolute atomic E-state index is 0.0557. The Hall–Kier alpha value is -1.43. The molecule has 4 nitrogen and oxygen atoms in total. The molecule has 0 saturated carbocycles. The predicted octanol–water partition coefficient (Wildman–Crippen LogP) is 4.22. The van der Waals surface area contributed by atoms with Crippen molar-refractivity contribution in [2.75, 3.05) is 0 Å². The molecule has 0 aliphatic carbocycles. The number of sulfonamides is 1. The van der Waals surface area contributed by atoms with E-state index in [1.54, 1.807) is 28.6 Å². The van der Waals surface area contributed by atoms with E-state index in [9.17, 15) is 8.42 Å². The number of hydrogen-bond acceptors (Lipinski definition) is 3. The normalized spacial score (nSPS) is 27.2. The third-order valence-electron chi connectivity index (χ3n) is 5.40. The summed E-state index contributed by atoms with van der Waals surface area (Å²) in [5.41, 5.74) is 1.09. The Labute approximate surface area is 153 Å². The molecule has 132 valence electrons. The first kappa shape index (κ1) is 17.0. The van der Waals surface area contributed by atoms with Crippen molar-refractivity contribution in [3.63, 3.8) is 0 Å². The van der Waals surface area contributed by atoms with E-state index in [1.165, 1.54) is 0 Å². The molecule has 2 aliphatic heterocycles. The summed E-state index contributed by atoms with van der Waals surface area (Å²) in [5, 5.41) is 0.549. The molecule has 4 rings (SSSR count). The van der Waals surface area contributed by atoms with Crippen molar-refractivity contribution in [2.24, 2.45) is 0 Å². The summed E-state index contributed by atoms with van der Waals surface area (Å²) in [6.07, 6.45) is 6.46. The maximum atomic E-state index is 13.2. The van der Waals surface area contributed by atoms with Crippen molar-refractivity contribution in [3.05, 3.63) is 59.4 Å². The number of halogens is 1. The van der Waals surface area contributed by atoms with Crippen LogP contribution in [0.5, 0.6) is 0 Å². The molecule has 1 aromatic carbocycles. The van der Waals surface area contributed by atoms with Crippen LogP contribution in [0.2, 0.25) is 5.02 Å². The van der Waals surface area contributed by atoms with Crippen LogP contribution in [0.15, 0.2) is 53.6 Å². The van der Waals surface area contributed by atoms with E-state index in [2.05, 4.69) is 11.1 Å². The van der Waals surface area contributed by atoms with Crippen LogP contribution in [0.1, 0.15) is 43.7 Å². The van der Waals surface area contributed by atoms with E-state index < -0.39 is 10.0 Å². The number of pyridine rings is 1. The van der Waals surface area contributed by atoms with Crippen LogP contribution in [-0.2, 0) is 10.0 Å². The van der Waals surface area contributed by atoms with E-state index in [1.807, 2.05) is 18.3 Å². The Balaban J connectivity index is 1.64. The fourth-order valence-corrected chi connectivity index (χ4v) is 6.34. The van der Waals surface area contributed by atoms with Crippen LogP contribution in [-0.4, -0.2) is 29.8 Å². The zero-order chi connectivity index (χ0) is 17.4. The number of fused-ring (bicyclic) bond motifs is 2. The van der Waals surface area contributed by atoms with Gasteiger partial charge in [0.15, 0.2) is 0 Å². The zero-order valence-electron chi connectivity index (χ0n) is 13.9. The summed E-state index contributed by atoms with van der Waals surface area (Å²) in [5.74, 6) is 0.341. The van der Waals surface area contributed by atoms with Crippen molar-refractivity contribution in [1.82, 2.24) is 9.29 Å². The standard InChI is InChI=1S/C19H21ClN2O2S/c20-15-7-9-18(10-8-15)25(23,24)22-16-4-3-5-17(22)13-14(12-16)19-6-1-2-11-21-19/h1-2,6-11,14,16-17H,3-5,12-13H2. The van der Waals surface area contributed by atoms with Crippen molar-refractivity contribution < 1.29 is 8.42 Å². The predicted molar refractivity (Wildman–Crippen MR) is 98.1 cm³/mol. The zero-order valence-corrected chi connectivity index (χ0v) is 15.5. The molecule has 2 saturated heterocycles. The lowest BCUT2D eigenvalue weighted by Crippen LogP contribution is -2.54. The number of benzene rings is 1. The summed E-state index contributed by atoms with van der Waals surface area (Å²) in [6, 6.07) is 12.6. The minimum Gasteiger partial charge on any atom is -0.261 e. The van der Waals surface area contributed by atoms with Crippen molar-refractivity contribution in [2.45, 2.75) is 55.0 Å². The minimum atomic E-state index is -3.49. The van der Waals surface area contributed by atoms with Gasteiger partial charge in [0.2, 0.25) is 10.0 Å². The lowest BCUT2D eigenvalue weighted by molar-refractivity contribution is 0.108. The average Bonchev–Trinajstić information content (AvgIpc) is 2.61. The summed E-state index contributed by atoms with van der Waals surface area (Å²) < 4.78 is 28.2. The lowest BCUT2D eigenvalue weighted by atomic mass is 9.79. The second kappa shape index (κ2) is 6.71. The van der Waals surface area contributed by atoms with Gasteiger partial charge in [-0.2, -0.15) is 4.31 Å². The maximum Gasteiger partial charge on any atom is 0.243 e. The molecule has 1 aromatic heterocycles. The largest absolute Gasteiger partial charge is 0.261 e. The molecule has 2 atom stereocenters. The van der Waals surface area contributed by atoms with Crippen molar-refractivity contribution in [3.8, 4) is 0 Å². The van der Waals surface area contributed by atoms with Crippen LogP contribution in [0, 0.1) is 0 Å². The van der Waals surface area contributed by atoms with Gasteiger partial charge in [-0.15, -0.1) is 0 Å². The summed E-state index contributed by atoms with van der Waals surface area (Å²) >= 11 is 5.91. The first-order chi connectivity index (χ1) is 12.1. The van der Waals surface area contributed by atoms with Crippen molar-refractivity contribution >= 4 is 21.6 Å². The third kappa shape index (κ3) is 3.21. The number of piperidine rings is 2. The Morgan fingerprint density at radius 3 is 2.28 bits per heavy atom. The molecule has 2 bridgehead atoms. The van der Waals surface area contributed by atoms with Gasteiger partial charge in [-0.3, -0.25) is 4.98 Å². The highest BCUT2D eigenvalue weighted by molar-refractivity contribution is 7.89. The fourth-order valence-electron chi connectivity index (χ4n) is 4.32. The molecular weight excluding hydrogens is 356 g/mol. The Bertz CT molecular complexity index is 825. The van der Waals surface area contributed by atoms with E-state index in [0.29, 0.717) is 15.8 Å². The topological polar surface area (TPSA) is 50.3 Å². The second-order valence-corrected chi connectivity index (χ2v) is 9.23. The van der Waals surface area contributed by atoms with Crippen LogP contribution >= 0.6 is 11.6 Å². The number of aromatic nitrogens is 1. The lowest BCUT2D eigenvalue weighted by Gasteiger charge is -2.47. The van der Waals surface area contributed by atoms with Gasteiger partial charge >= 0.3 is 0 Å². The van der Waals surface area contributed by atoms with Crippen LogP contribution in [0.3, 0.4) is 0 Å². The Morgan fingerprint density at radius 1 is 1.00 bits per heavy atom. The average molecular weight is 377 g/mol. The second-order valence-electron chi connectivity index (χ2n) is 6.95. The monoisotopic (exact) mass is 376 g/mol. The van der Waals surface area contributed by atoms with E-state index >= 15 is 0 Å². The third-order valence-corrected chi connectivity index (χ3v) is 7.67. The fraction of sp³-hybridized carbons (Fsp3) is 0.421. The van der Waals surface area contributed by atoms with E-state index in [0.717, 1.165) is 37.8 Å². The number of nitrogens with zero attached hydrogens (tertiary/aromatic N) is 2. The van der Waals surface area contributed by atoms with Crippen LogP contribution in [0.25, 0.3) is 0 Å². The highest BCUT2D eigenvalue weighted by Gasteiger charge is 2.45. The SMILES string of the molecule is O=S(=O)(c1ccc(Cl)cc1)N1C2CCCC1CC(c1ccccn1)C2. The first-order valence-electron chi connectivity index (χ1n) is 8.76. The highest BCUT2D eigenvalue weighted by Crippen LogP contribution is 2.43. The van der Waals surface area contributed by atoms with Crippen LogP contribution in [0.4, 0.5) is 0 Å². The van der Waals surface area contributed by atoms with Gasteiger partial charge in [0.25, 0.3) is 0 Å². The molecule has 2 aliphatic rings. The molecule has 2 aromatic rings. The molecule has 0 spiro atoms. The molecule has 25 heavy (non-hydrogen) atoms. The highest BCUT2D eigenvalue weighted by atomic mass is 35.5. The van der Waals surface area contributed by atoms with E-state index in [4.69, 9.17) is 11.6 Å². The smallest absolute Gasteiger partial charge is 0.243 e. The quantitative estimate of drug-likeness (QED) is 0.805. The van der Waals surface area contributed by atoms with Crippen molar-refractivity contribution in [1.29, 1.82) is 0 Å². The molecule has 6 heteroatoms. The maximum absolute atomic E-state index is 13.2. The van der Waals surface area contributed by atoms with Gasteiger partial charge in [-0.1, -0.05) is 24.1 Å². The van der Waals surface area contributed by atoms with Gasteiger partial charge in [-0.05, 0) is 62.1 Å². The van der Waals surface area contributed by atoms with Gasteiger partial charge < -0.3 is 0 Å². The summed E-state index contributed by atoms with van der Waals surface area (Å²) in [6.45, 7) is 0. The van der Waals surface area contributed by atoms with Gasteiger partial charge in [0.05, 0.1) is 4.90 Å². The number of hydrogen-bond donors (Lipinski definition) is 0. The molecule has 3 heterocycles. The van der Waals surface area contributed by atoms with Gasteiger partial charge in [-0.25, -0.2) is 8.42 Å². The Morgan fingerprint density at radius 2 is 1.68 bits per heavy atom.